The van der Waals surface area contributed by atoms with E-state index in [0.717, 1.165) is 42.7 Å². The molecule has 30 heavy (non-hydrogen) atoms. The first kappa shape index (κ1) is 24.3. The first-order valence-corrected chi connectivity index (χ1v) is 10.2. The van der Waals surface area contributed by atoms with Gasteiger partial charge in [-0.25, -0.2) is 0 Å². The van der Waals surface area contributed by atoms with Gasteiger partial charge in [0.2, 0.25) is 0 Å². The fraction of sp³-hybridized carbons (Fsp3) is 0.364. The zero-order valence-corrected chi connectivity index (χ0v) is 20.7. The van der Waals surface area contributed by atoms with Crippen LogP contribution in [0.2, 0.25) is 5.02 Å². The van der Waals surface area contributed by atoms with Gasteiger partial charge in [-0.1, -0.05) is 29.8 Å². The molecule has 0 bridgehead atoms. The number of piperazine rings is 1. The van der Waals surface area contributed by atoms with Crippen LogP contribution in [0.4, 0.5) is 5.69 Å². The van der Waals surface area contributed by atoms with E-state index in [9.17, 15) is 4.79 Å². The lowest BCUT2D eigenvalue weighted by molar-refractivity contribution is 0.0963. The van der Waals surface area contributed by atoms with Crippen molar-refractivity contribution in [1.29, 1.82) is 0 Å². The fourth-order valence-corrected chi connectivity index (χ4v) is 3.73. The van der Waals surface area contributed by atoms with Crippen molar-refractivity contribution in [2.45, 2.75) is 13.5 Å². The maximum atomic E-state index is 11.8. The summed E-state index contributed by atoms with van der Waals surface area (Å²) in [7, 11) is 3.44. The van der Waals surface area contributed by atoms with Crippen LogP contribution in [0.5, 0.6) is 0 Å². The molecule has 0 atom stereocenters. The van der Waals surface area contributed by atoms with Gasteiger partial charge in [0.1, 0.15) is 0 Å². The highest BCUT2D eigenvalue weighted by Crippen LogP contribution is 2.25. The summed E-state index contributed by atoms with van der Waals surface area (Å²) < 4.78 is 0. The number of aryl methyl sites for hydroxylation is 1. The molecule has 1 aliphatic heterocycles. The Hall–Kier alpha value is -2.00. The molecule has 6 nitrogen and oxygen atoms in total. The number of hydrogen-bond donors (Lipinski definition) is 2. The molecule has 1 saturated heterocycles. The number of guanidine groups is 1. The van der Waals surface area contributed by atoms with Crippen LogP contribution >= 0.6 is 35.6 Å². The van der Waals surface area contributed by atoms with Gasteiger partial charge in [0.25, 0.3) is 5.91 Å². The second kappa shape index (κ2) is 11.4. The lowest BCUT2D eigenvalue weighted by Gasteiger charge is -2.38. The summed E-state index contributed by atoms with van der Waals surface area (Å²) in [5, 5.41) is 6.84. The molecule has 2 aromatic rings. The minimum Gasteiger partial charge on any atom is -0.368 e. The molecule has 2 aromatic carbocycles. The van der Waals surface area contributed by atoms with Crippen LogP contribution < -0.4 is 15.5 Å². The van der Waals surface area contributed by atoms with Crippen LogP contribution in [0, 0.1) is 6.92 Å². The number of rotatable bonds is 4. The second-order valence-electron chi connectivity index (χ2n) is 7.09. The number of nitrogens with one attached hydrogen (secondary N) is 2. The molecule has 2 N–H and O–H groups in total. The number of aliphatic imine (C=N–C) groups is 1. The summed E-state index contributed by atoms with van der Waals surface area (Å²) in [6.45, 7) is 6.31. The highest BCUT2D eigenvalue weighted by Gasteiger charge is 2.21. The van der Waals surface area contributed by atoms with Gasteiger partial charge >= 0.3 is 0 Å². The molecule has 162 valence electrons. The molecule has 0 saturated carbocycles. The van der Waals surface area contributed by atoms with Crippen molar-refractivity contribution >= 4 is 53.1 Å². The Morgan fingerprint density at radius 3 is 2.53 bits per heavy atom. The molecule has 0 unspecified atom stereocenters. The first-order valence-electron chi connectivity index (χ1n) is 9.79. The number of hydrogen-bond acceptors (Lipinski definition) is 3. The van der Waals surface area contributed by atoms with Crippen LogP contribution in [0.25, 0.3) is 0 Å². The third-order valence-corrected chi connectivity index (χ3v) is 5.40. The summed E-state index contributed by atoms with van der Waals surface area (Å²) >= 11 is 6.19. The second-order valence-corrected chi connectivity index (χ2v) is 7.52. The van der Waals surface area contributed by atoms with Crippen LogP contribution in [0.15, 0.2) is 47.5 Å². The van der Waals surface area contributed by atoms with Crippen molar-refractivity contribution < 1.29 is 4.79 Å². The summed E-state index contributed by atoms with van der Waals surface area (Å²) in [6.07, 6.45) is 0. The Morgan fingerprint density at radius 1 is 1.13 bits per heavy atom. The summed E-state index contributed by atoms with van der Waals surface area (Å²) in [5.41, 5.74) is 4.14. The topological polar surface area (TPSA) is 60.0 Å². The molecular weight excluding hydrogens is 513 g/mol. The molecule has 0 spiro atoms. The average Bonchev–Trinajstić information content (AvgIpc) is 2.76. The van der Waals surface area contributed by atoms with Gasteiger partial charge in [-0.3, -0.25) is 9.79 Å². The summed E-state index contributed by atoms with van der Waals surface area (Å²) in [6, 6.07) is 13.7. The van der Waals surface area contributed by atoms with Gasteiger partial charge in [-0.05, 0) is 42.3 Å². The van der Waals surface area contributed by atoms with Crippen molar-refractivity contribution in [3.63, 3.8) is 0 Å². The van der Waals surface area contributed by atoms with E-state index in [2.05, 4.69) is 38.4 Å². The first-order chi connectivity index (χ1) is 14.0. The number of carbonyl (C=O) groups excluding carboxylic acids is 1. The molecular formula is C22H29ClIN5O. The minimum atomic E-state index is -0.0799. The molecule has 8 heteroatoms. The van der Waals surface area contributed by atoms with Crippen molar-refractivity contribution in [1.82, 2.24) is 15.5 Å². The zero-order valence-electron chi connectivity index (χ0n) is 17.6. The average molecular weight is 542 g/mol. The van der Waals surface area contributed by atoms with E-state index in [1.807, 2.05) is 36.4 Å². The number of halogens is 2. The lowest BCUT2D eigenvalue weighted by Crippen LogP contribution is -2.52. The molecule has 1 amide bonds. The van der Waals surface area contributed by atoms with Gasteiger partial charge in [0.15, 0.2) is 5.96 Å². The Balaban J connectivity index is 0.00000320. The molecule has 1 heterocycles. The fourth-order valence-electron chi connectivity index (χ4n) is 3.56. The Bertz CT molecular complexity index is 897. The SMILES string of the molecule is CN=C(NCc1cccc(C(=O)NC)c1)N1CCN(c2cc(Cl)ccc2C)CC1.I. The van der Waals surface area contributed by atoms with Crippen LogP contribution in [0.3, 0.4) is 0 Å². The highest BCUT2D eigenvalue weighted by molar-refractivity contribution is 14.0. The smallest absolute Gasteiger partial charge is 0.251 e. The number of benzene rings is 2. The van der Waals surface area contributed by atoms with Crippen molar-refractivity contribution in [3.8, 4) is 0 Å². The number of nitrogens with zero attached hydrogens (tertiary/aromatic N) is 3. The normalized spacial score (nSPS) is 14.2. The molecule has 3 rings (SSSR count). The lowest BCUT2D eigenvalue weighted by atomic mass is 10.1. The van der Waals surface area contributed by atoms with Crippen molar-refractivity contribution in [3.05, 3.63) is 64.2 Å². The third-order valence-electron chi connectivity index (χ3n) is 5.17. The van der Waals surface area contributed by atoms with E-state index in [-0.39, 0.29) is 29.9 Å². The van der Waals surface area contributed by atoms with Gasteiger partial charge in [-0.15, -0.1) is 24.0 Å². The predicted octanol–water partition coefficient (Wildman–Crippen LogP) is 3.52. The van der Waals surface area contributed by atoms with E-state index in [1.165, 1.54) is 11.3 Å². The Morgan fingerprint density at radius 2 is 1.87 bits per heavy atom. The molecule has 0 aromatic heterocycles. The minimum absolute atomic E-state index is 0. The maximum Gasteiger partial charge on any atom is 0.251 e. The molecule has 1 aliphatic rings. The van der Waals surface area contributed by atoms with Gasteiger partial charge < -0.3 is 20.4 Å². The van der Waals surface area contributed by atoms with Crippen LogP contribution in [0.1, 0.15) is 21.5 Å². The maximum absolute atomic E-state index is 11.8. The van der Waals surface area contributed by atoms with Gasteiger partial charge in [-0.2, -0.15) is 0 Å². The monoisotopic (exact) mass is 541 g/mol. The molecule has 0 radical (unpaired) electrons. The van der Waals surface area contributed by atoms with Crippen molar-refractivity contribution in [2.24, 2.45) is 4.99 Å². The van der Waals surface area contributed by atoms with Crippen molar-refractivity contribution in [2.75, 3.05) is 45.2 Å². The van der Waals surface area contributed by atoms with Gasteiger partial charge in [0.05, 0.1) is 0 Å². The quantitative estimate of drug-likeness (QED) is 0.353. The summed E-state index contributed by atoms with van der Waals surface area (Å²) in [5.74, 6) is 0.793. The van der Waals surface area contributed by atoms with E-state index in [1.54, 1.807) is 14.1 Å². The van der Waals surface area contributed by atoms with E-state index in [4.69, 9.17) is 11.6 Å². The third kappa shape index (κ3) is 6.01. The number of amides is 1. The number of carbonyl (C=O) groups is 1. The van der Waals surface area contributed by atoms with Crippen LogP contribution in [-0.4, -0.2) is 57.0 Å². The van der Waals surface area contributed by atoms with E-state index < -0.39 is 0 Å². The summed E-state index contributed by atoms with van der Waals surface area (Å²) in [4.78, 5) is 20.9. The Kier molecular flexibility index (Phi) is 9.23. The number of anilines is 1. The standard InChI is InChI=1S/C22H28ClN5O.HI/c1-16-7-8-19(23)14-20(16)27-9-11-28(12-10-27)22(25-3)26-15-17-5-4-6-18(13-17)21(29)24-2;/h4-8,13-14H,9-12,15H2,1-3H3,(H,24,29)(H,25,26);1H. The Labute approximate surface area is 200 Å². The predicted molar refractivity (Wildman–Crippen MR) is 135 cm³/mol. The molecule has 1 fully saturated rings. The largest absolute Gasteiger partial charge is 0.368 e. The van der Waals surface area contributed by atoms with E-state index in [0.29, 0.717) is 12.1 Å². The molecule has 0 aliphatic carbocycles. The van der Waals surface area contributed by atoms with Gasteiger partial charge in [0, 0.05) is 63.1 Å². The highest BCUT2D eigenvalue weighted by atomic mass is 127. The van der Waals surface area contributed by atoms with E-state index >= 15 is 0 Å². The van der Waals surface area contributed by atoms with Crippen LogP contribution in [-0.2, 0) is 6.54 Å². The zero-order chi connectivity index (χ0) is 20.8.